The van der Waals surface area contributed by atoms with Crippen molar-refractivity contribution in [2.24, 2.45) is 0 Å². The lowest BCUT2D eigenvalue weighted by atomic mass is 10.1. The first-order valence-electron chi connectivity index (χ1n) is 9.50. The standard InChI is InChI=1S/C20H28N4O2/c1-4-16-5-7-17(8-6-16)9-10-18(25)23-11-13-24(14-12-23)20-22-21-19(26-20)15(2)3/h5-8,15H,4,9-14H2,1-3H3. The van der Waals surface area contributed by atoms with E-state index in [1.54, 1.807) is 0 Å². The van der Waals surface area contributed by atoms with Gasteiger partial charge >= 0.3 is 6.01 Å². The average molecular weight is 356 g/mol. The maximum atomic E-state index is 12.5. The molecule has 26 heavy (non-hydrogen) atoms. The molecule has 0 saturated carbocycles. The van der Waals surface area contributed by atoms with E-state index in [9.17, 15) is 4.79 Å². The summed E-state index contributed by atoms with van der Waals surface area (Å²) < 4.78 is 5.70. The van der Waals surface area contributed by atoms with Gasteiger partial charge in [0.25, 0.3) is 0 Å². The highest BCUT2D eigenvalue weighted by molar-refractivity contribution is 5.76. The Labute approximate surface area is 155 Å². The van der Waals surface area contributed by atoms with Crippen molar-refractivity contribution >= 4 is 11.9 Å². The summed E-state index contributed by atoms with van der Waals surface area (Å²) in [5, 5.41) is 8.21. The number of rotatable bonds is 6. The van der Waals surface area contributed by atoms with Gasteiger partial charge in [-0.15, -0.1) is 5.10 Å². The van der Waals surface area contributed by atoms with Gasteiger partial charge in [0.2, 0.25) is 11.8 Å². The van der Waals surface area contributed by atoms with Crippen LogP contribution in [-0.4, -0.2) is 47.2 Å². The second-order valence-electron chi connectivity index (χ2n) is 7.12. The molecule has 140 valence electrons. The van der Waals surface area contributed by atoms with Crippen LogP contribution in [0.4, 0.5) is 6.01 Å². The van der Waals surface area contributed by atoms with E-state index < -0.39 is 0 Å². The Kier molecular flexibility index (Phi) is 5.91. The first-order valence-corrected chi connectivity index (χ1v) is 9.50. The summed E-state index contributed by atoms with van der Waals surface area (Å²) >= 11 is 0. The smallest absolute Gasteiger partial charge is 0.318 e. The molecule has 0 N–H and O–H groups in total. The predicted molar refractivity (Wildman–Crippen MR) is 101 cm³/mol. The molecule has 1 fully saturated rings. The lowest BCUT2D eigenvalue weighted by molar-refractivity contribution is -0.131. The molecular weight excluding hydrogens is 328 g/mol. The van der Waals surface area contributed by atoms with E-state index in [0.717, 1.165) is 25.9 Å². The molecule has 3 rings (SSSR count). The number of hydrogen-bond acceptors (Lipinski definition) is 5. The van der Waals surface area contributed by atoms with E-state index in [2.05, 4.69) is 46.3 Å². The number of amides is 1. The Morgan fingerprint density at radius 3 is 2.31 bits per heavy atom. The highest BCUT2D eigenvalue weighted by Gasteiger charge is 2.24. The van der Waals surface area contributed by atoms with Crippen molar-refractivity contribution in [1.29, 1.82) is 0 Å². The second kappa shape index (κ2) is 8.34. The molecule has 2 aromatic rings. The van der Waals surface area contributed by atoms with Crippen LogP contribution in [0.5, 0.6) is 0 Å². The molecule has 0 radical (unpaired) electrons. The number of aromatic nitrogens is 2. The van der Waals surface area contributed by atoms with Crippen molar-refractivity contribution in [3.05, 3.63) is 41.3 Å². The number of aryl methyl sites for hydroxylation is 2. The number of anilines is 1. The molecule has 0 unspecified atom stereocenters. The molecule has 0 spiro atoms. The molecule has 1 aliphatic heterocycles. The Morgan fingerprint density at radius 2 is 1.73 bits per heavy atom. The monoisotopic (exact) mass is 356 g/mol. The summed E-state index contributed by atoms with van der Waals surface area (Å²) in [4.78, 5) is 16.5. The van der Waals surface area contributed by atoms with Crippen molar-refractivity contribution in [2.45, 2.75) is 46.0 Å². The molecule has 0 aliphatic carbocycles. The maximum absolute atomic E-state index is 12.5. The molecule has 1 aromatic carbocycles. The SMILES string of the molecule is CCc1ccc(CCC(=O)N2CCN(c3nnc(C(C)C)o3)CC2)cc1. The molecule has 2 heterocycles. The maximum Gasteiger partial charge on any atom is 0.318 e. The zero-order valence-electron chi connectivity index (χ0n) is 15.9. The fourth-order valence-corrected chi connectivity index (χ4v) is 3.09. The van der Waals surface area contributed by atoms with Crippen LogP contribution in [0.25, 0.3) is 0 Å². The van der Waals surface area contributed by atoms with E-state index in [-0.39, 0.29) is 11.8 Å². The van der Waals surface area contributed by atoms with Crippen LogP contribution in [0.1, 0.15) is 50.1 Å². The quantitative estimate of drug-likeness (QED) is 0.796. The number of carbonyl (C=O) groups is 1. The van der Waals surface area contributed by atoms with Crippen LogP contribution in [0, 0.1) is 0 Å². The van der Waals surface area contributed by atoms with Gasteiger partial charge in [0.15, 0.2) is 0 Å². The third-order valence-electron chi connectivity index (χ3n) is 4.89. The summed E-state index contributed by atoms with van der Waals surface area (Å²) in [6, 6.07) is 9.12. The van der Waals surface area contributed by atoms with Gasteiger partial charge in [0, 0.05) is 38.5 Å². The summed E-state index contributed by atoms with van der Waals surface area (Å²) in [5.74, 6) is 1.11. The van der Waals surface area contributed by atoms with Crippen molar-refractivity contribution in [2.75, 3.05) is 31.1 Å². The first kappa shape index (κ1) is 18.4. The van der Waals surface area contributed by atoms with Gasteiger partial charge in [0.1, 0.15) is 0 Å². The fraction of sp³-hybridized carbons (Fsp3) is 0.550. The zero-order chi connectivity index (χ0) is 18.5. The molecular formula is C20H28N4O2. The summed E-state index contributed by atoms with van der Waals surface area (Å²) in [5.41, 5.74) is 2.55. The Morgan fingerprint density at radius 1 is 1.08 bits per heavy atom. The molecule has 1 aromatic heterocycles. The van der Waals surface area contributed by atoms with Gasteiger partial charge in [-0.1, -0.05) is 50.1 Å². The van der Waals surface area contributed by atoms with Crippen LogP contribution in [0.2, 0.25) is 0 Å². The van der Waals surface area contributed by atoms with Crippen molar-refractivity contribution in [3.8, 4) is 0 Å². The van der Waals surface area contributed by atoms with Crippen molar-refractivity contribution in [1.82, 2.24) is 15.1 Å². The van der Waals surface area contributed by atoms with Crippen LogP contribution in [-0.2, 0) is 17.6 Å². The second-order valence-corrected chi connectivity index (χ2v) is 7.12. The van der Waals surface area contributed by atoms with Gasteiger partial charge in [0.05, 0.1) is 0 Å². The van der Waals surface area contributed by atoms with E-state index >= 15 is 0 Å². The number of carbonyl (C=O) groups excluding carboxylic acids is 1. The predicted octanol–water partition coefficient (Wildman–Crippen LogP) is 3.04. The topological polar surface area (TPSA) is 62.5 Å². The van der Waals surface area contributed by atoms with Crippen LogP contribution in [0.15, 0.2) is 28.7 Å². The Bertz CT molecular complexity index is 716. The number of benzene rings is 1. The van der Waals surface area contributed by atoms with E-state index in [1.165, 1.54) is 11.1 Å². The van der Waals surface area contributed by atoms with E-state index in [1.807, 2.05) is 18.7 Å². The Hall–Kier alpha value is -2.37. The minimum absolute atomic E-state index is 0.220. The molecule has 0 atom stereocenters. The summed E-state index contributed by atoms with van der Waals surface area (Å²) in [6.07, 6.45) is 2.40. The number of piperazine rings is 1. The van der Waals surface area contributed by atoms with Gasteiger partial charge < -0.3 is 14.2 Å². The average Bonchev–Trinajstić information content (AvgIpc) is 3.17. The lowest BCUT2D eigenvalue weighted by Gasteiger charge is -2.33. The molecule has 1 amide bonds. The van der Waals surface area contributed by atoms with E-state index in [4.69, 9.17) is 4.42 Å². The van der Waals surface area contributed by atoms with Gasteiger partial charge in [-0.3, -0.25) is 4.79 Å². The van der Waals surface area contributed by atoms with Gasteiger partial charge in [-0.2, -0.15) is 0 Å². The number of hydrogen-bond donors (Lipinski definition) is 0. The minimum Gasteiger partial charge on any atom is -0.408 e. The number of nitrogens with zero attached hydrogens (tertiary/aromatic N) is 4. The summed E-state index contributed by atoms with van der Waals surface area (Å²) in [7, 11) is 0. The molecule has 6 heteroatoms. The van der Waals surface area contributed by atoms with Crippen molar-refractivity contribution < 1.29 is 9.21 Å². The normalized spacial score (nSPS) is 14.9. The van der Waals surface area contributed by atoms with Gasteiger partial charge in [-0.25, -0.2) is 0 Å². The van der Waals surface area contributed by atoms with Crippen molar-refractivity contribution in [3.63, 3.8) is 0 Å². The first-order chi connectivity index (χ1) is 12.6. The highest BCUT2D eigenvalue weighted by Crippen LogP contribution is 2.19. The largest absolute Gasteiger partial charge is 0.408 e. The van der Waals surface area contributed by atoms with E-state index in [0.29, 0.717) is 31.4 Å². The van der Waals surface area contributed by atoms with Crippen LogP contribution >= 0.6 is 0 Å². The Balaban J connectivity index is 1.46. The fourth-order valence-electron chi connectivity index (χ4n) is 3.09. The molecule has 1 saturated heterocycles. The summed E-state index contributed by atoms with van der Waals surface area (Å²) in [6.45, 7) is 9.08. The zero-order valence-corrected chi connectivity index (χ0v) is 15.9. The van der Waals surface area contributed by atoms with Crippen LogP contribution < -0.4 is 4.90 Å². The molecule has 0 bridgehead atoms. The molecule has 6 nitrogen and oxygen atoms in total. The highest BCUT2D eigenvalue weighted by atomic mass is 16.4. The molecule has 1 aliphatic rings. The minimum atomic E-state index is 0.220. The lowest BCUT2D eigenvalue weighted by Crippen LogP contribution is -2.49. The third-order valence-corrected chi connectivity index (χ3v) is 4.89. The third kappa shape index (κ3) is 4.42. The van der Waals surface area contributed by atoms with Crippen LogP contribution in [0.3, 0.4) is 0 Å². The van der Waals surface area contributed by atoms with Gasteiger partial charge in [-0.05, 0) is 24.0 Å².